The first-order valence-corrected chi connectivity index (χ1v) is 8.76. The third-order valence-electron chi connectivity index (χ3n) is 4.04. The van der Waals surface area contributed by atoms with Crippen LogP contribution in [0.3, 0.4) is 0 Å². The van der Waals surface area contributed by atoms with Crippen LogP contribution in [0, 0.1) is 0 Å². The Morgan fingerprint density at radius 3 is 2.61 bits per heavy atom. The van der Waals surface area contributed by atoms with Crippen LogP contribution in [0.15, 0.2) is 17.2 Å². The highest BCUT2D eigenvalue weighted by Gasteiger charge is 2.31. The second kappa shape index (κ2) is 7.65. The van der Waals surface area contributed by atoms with Crippen LogP contribution in [-0.4, -0.2) is 68.4 Å². The highest BCUT2D eigenvalue weighted by Crippen LogP contribution is 2.22. The van der Waals surface area contributed by atoms with Gasteiger partial charge in [-0.25, -0.2) is 8.42 Å². The fourth-order valence-corrected chi connectivity index (χ4v) is 4.26. The summed E-state index contributed by atoms with van der Waals surface area (Å²) in [5.41, 5.74) is 0.366. The van der Waals surface area contributed by atoms with Crippen LogP contribution >= 0.6 is 12.4 Å². The summed E-state index contributed by atoms with van der Waals surface area (Å²) < 4.78 is 28.6. The first-order valence-electron chi connectivity index (χ1n) is 7.32. The molecular formula is C14H25ClN4O3S. The van der Waals surface area contributed by atoms with Crippen molar-refractivity contribution >= 4 is 28.3 Å². The van der Waals surface area contributed by atoms with Crippen LogP contribution in [0.25, 0.3) is 0 Å². The zero-order chi connectivity index (χ0) is 16.5. The van der Waals surface area contributed by atoms with Crippen molar-refractivity contribution in [2.45, 2.75) is 23.8 Å². The van der Waals surface area contributed by atoms with E-state index in [0.717, 1.165) is 12.8 Å². The Bertz CT molecular complexity index is 657. The van der Waals surface area contributed by atoms with Gasteiger partial charge in [-0.2, -0.15) is 4.31 Å². The number of nitrogens with one attached hydrogen (secondary N) is 1. The minimum atomic E-state index is -3.56. The number of carbonyl (C=O) groups excluding carboxylic acids is 1. The average Bonchev–Trinajstić information content (AvgIpc) is 2.89. The number of hydrogen-bond donors (Lipinski definition) is 1. The number of rotatable bonds is 4. The van der Waals surface area contributed by atoms with Crippen LogP contribution in [0.5, 0.6) is 0 Å². The molecule has 0 bridgehead atoms. The van der Waals surface area contributed by atoms with E-state index < -0.39 is 10.0 Å². The Hall–Kier alpha value is -1.09. The summed E-state index contributed by atoms with van der Waals surface area (Å²) in [5.74, 6) is -0.212. The van der Waals surface area contributed by atoms with Crippen molar-refractivity contribution in [1.82, 2.24) is 19.1 Å². The van der Waals surface area contributed by atoms with Gasteiger partial charge in [-0.1, -0.05) is 0 Å². The molecule has 0 saturated carbocycles. The summed E-state index contributed by atoms with van der Waals surface area (Å²) in [7, 11) is 3.25. The Morgan fingerprint density at radius 2 is 2.04 bits per heavy atom. The summed E-state index contributed by atoms with van der Waals surface area (Å²) in [6.07, 6.45) is 3.32. The van der Waals surface area contributed by atoms with Gasteiger partial charge in [-0.05, 0) is 26.0 Å². The fraction of sp³-hybridized carbons (Fsp3) is 0.643. The lowest BCUT2D eigenvalue weighted by Crippen LogP contribution is -2.46. The molecular weight excluding hydrogens is 340 g/mol. The molecule has 1 aliphatic rings. The van der Waals surface area contributed by atoms with Crippen LogP contribution in [0.1, 0.15) is 23.3 Å². The van der Waals surface area contributed by atoms with Crippen molar-refractivity contribution in [3.8, 4) is 0 Å². The fourth-order valence-electron chi connectivity index (χ4n) is 2.66. The van der Waals surface area contributed by atoms with Gasteiger partial charge in [0.1, 0.15) is 10.6 Å². The van der Waals surface area contributed by atoms with E-state index in [4.69, 9.17) is 0 Å². The van der Waals surface area contributed by atoms with Gasteiger partial charge in [0.15, 0.2) is 0 Å². The number of piperidine rings is 1. The molecule has 0 spiro atoms. The van der Waals surface area contributed by atoms with Gasteiger partial charge in [0.2, 0.25) is 10.0 Å². The summed E-state index contributed by atoms with van der Waals surface area (Å²) in [6, 6.07) is 1.64. The third kappa shape index (κ3) is 4.06. The zero-order valence-electron chi connectivity index (χ0n) is 13.9. The van der Waals surface area contributed by atoms with Gasteiger partial charge in [0, 0.05) is 46.5 Å². The number of amides is 1. The van der Waals surface area contributed by atoms with Crippen LogP contribution in [0.2, 0.25) is 0 Å². The van der Waals surface area contributed by atoms with Gasteiger partial charge < -0.3 is 14.8 Å². The predicted octanol–water partition coefficient (Wildman–Crippen LogP) is 0.521. The quantitative estimate of drug-likeness (QED) is 0.845. The number of hydrogen-bond acceptors (Lipinski definition) is 4. The molecule has 2 rings (SSSR count). The molecule has 0 aromatic carbocycles. The molecule has 1 aromatic heterocycles. The Labute approximate surface area is 144 Å². The molecule has 1 atom stereocenters. The molecule has 2 heterocycles. The van der Waals surface area contributed by atoms with Crippen molar-refractivity contribution in [2.24, 2.45) is 7.05 Å². The summed E-state index contributed by atoms with van der Waals surface area (Å²) >= 11 is 0. The third-order valence-corrected chi connectivity index (χ3v) is 5.87. The van der Waals surface area contributed by atoms with E-state index in [-0.39, 0.29) is 29.3 Å². The molecule has 1 fully saturated rings. The van der Waals surface area contributed by atoms with E-state index in [1.54, 1.807) is 25.7 Å². The first kappa shape index (κ1) is 20.0. The van der Waals surface area contributed by atoms with Crippen LogP contribution in [0.4, 0.5) is 0 Å². The molecule has 1 saturated heterocycles. The Morgan fingerprint density at radius 1 is 1.39 bits per heavy atom. The average molecular weight is 365 g/mol. The Kier molecular flexibility index (Phi) is 6.64. The van der Waals surface area contributed by atoms with E-state index in [1.807, 2.05) is 7.05 Å². The molecule has 9 heteroatoms. The summed E-state index contributed by atoms with van der Waals surface area (Å²) in [6.45, 7) is 0.983. The number of halogens is 1. The maximum atomic E-state index is 12.8. The minimum absolute atomic E-state index is 0. The molecule has 0 radical (unpaired) electrons. The number of aromatic nitrogens is 1. The van der Waals surface area contributed by atoms with Crippen LogP contribution in [-0.2, 0) is 17.1 Å². The molecule has 132 valence electrons. The number of sulfonamides is 1. The van der Waals surface area contributed by atoms with Crippen LogP contribution < -0.4 is 5.32 Å². The van der Waals surface area contributed by atoms with E-state index in [0.29, 0.717) is 18.8 Å². The van der Waals surface area contributed by atoms with E-state index in [9.17, 15) is 13.2 Å². The number of carbonyl (C=O) groups is 1. The molecule has 1 N–H and O–H groups in total. The standard InChI is InChI=1S/C14H24N4O3S.ClH/c1-15-11-6-5-7-18(9-11)22(20,21)12-8-13(17(4)10-12)14(19)16(2)3;/h8,10-11,15H,5-7,9H2,1-4H3;1H. The number of aryl methyl sites for hydroxylation is 1. The zero-order valence-corrected chi connectivity index (χ0v) is 15.6. The van der Waals surface area contributed by atoms with Crippen molar-refractivity contribution in [1.29, 1.82) is 0 Å². The lowest BCUT2D eigenvalue weighted by Gasteiger charge is -2.31. The number of nitrogens with zero attached hydrogens (tertiary/aromatic N) is 3. The first-order chi connectivity index (χ1) is 10.3. The summed E-state index contributed by atoms with van der Waals surface area (Å²) in [4.78, 5) is 13.7. The second-order valence-electron chi connectivity index (χ2n) is 5.86. The maximum Gasteiger partial charge on any atom is 0.269 e. The molecule has 1 aromatic rings. The highest BCUT2D eigenvalue weighted by molar-refractivity contribution is 7.89. The molecule has 0 aliphatic carbocycles. The smallest absolute Gasteiger partial charge is 0.269 e. The van der Waals surface area contributed by atoms with E-state index in [1.165, 1.54) is 21.5 Å². The minimum Gasteiger partial charge on any atom is -0.345 e. The SMILES string of the molecule is CNC1CCCN(S(=O)(=O)c2cc(C(=O)N(C)C)n(C)c2)C1.Cl. The van der Waals surface area contributed by atoms with Crippen molar-refractivity contribution < 1.29 is 13.2 Å². The molecule has 1 unspecified atom stereocenters. The van der Waals surface area contributed by atoms with E-state index >= 15 is 0 Å². The predicted molar refractivity (Wildman–Crippen MR) is 91.5 cm³/mol. The van der Waals surface area contributed by atoms with Gasteiger partial charge >= 0.3 is 0 Å². The molecule has 7 nitrogen and oxygen atoms in total. The van der Waals surface area contributed by atoms with Gasteiger partial charge in [-0.3, -0.25) is 4.79 Å². The van der Waals surface area contributed by atoms with Crippen molar-refractivity contribution in [2.75, 3.05) is 34.2 Å². The lowest BCUT2D eigenvalue weighted by atomic mass is 10.1. The maximum absolute atomic E-state index is 12.8. The number of likely N-dealkylation sites (N-methyl/N-ethyl adjacent to an activating group) is 1. The van der Waals surface area contributed by atoms with Crippen molar-refractivity contribution in [3.63, 3.8) is 0 Å². The Balaban J connectivity index is 0.00000264. The van der Waals surface area contributed by atoms with Crippen molar-refractivity contribution in [3.05, 3.63) is 18.0 Å². The van der Waals surface area contributed by atoms with Gasteiger partial charge in [0.05, 0.1) is 0 Å². The topological polar surface area (TPSA) is 74.7 Å². The molecule has 23 heavy (non-hydrogen) atoms. The summed E-state index contributed by atoms with van der Waals surface area (Å²) in [5, 5.41) is 3.14. The lowest BCUT2D eigenvalue weighted by molar-refractivity contribution is 0.0818. The normalized spacial score (nSPS) is 19.2. The highest BCUT2D eigenvalue weighted by atomic mass is 35.5. The molecule has 1 amide bonds. The van der Waals surface area contributed by atoms with Gasteiger partial charge in [-0.15, -0.1) is 12.4 Å². The largest absolute Gasteiger partial charge is 0.345 e. The van der Waals surface area contributed by atoms with E-state index in [2.05, 4.69) is 5.32 Å². The van der Waals surface area contributed by atoms with Gasteiger partial charge in [0.25, 0.3) is 5.91 Å². The second-order valence-corrected chi connectivity index (χ2v) is 7.80. The molecule has 1 aliphatic heterocycles. The monoisotopic (exact) mass is 364 g/mol.